The van der Waals surface area contributed by atoms with E-state index in [-0.39, 0.29) is 24.2 Å². The number of nitrogens with zero attached hydrogens (tertiary/aromatic N) is 2. The van der Waals surface area contributed by atoms with Crippen molar-refractivity contribution in [3.63, 3.8) is 0 Å². The number of aromatic nitrogens is 1. The number of aryl methyl sites for hydroxylation is 1. The van der Waals surface area contributed by atoms with Crippen molar-refractivity contribution in [2.45, 2.75) is 58.0 Å². The van der Waals surface area contributed by atoms with Crippen molar-refractivity contribution in [2.24, 2.45) is 5.92 Å². The third-order valence-corrected chi connectivity index (χ3v) is 6.58. The average Bonchev–Trinajstić information content (AvgIpc) is 3.25. The Morgan fingerprint density at radius 3 is 2.82 bits per heavy atom. The molecule has 1 atom stereocenters. The Labute approximate surface area is 168 Å². The van der Waals surface area contributed by atoms with Crippen LogP contribution in [0.1, 0.15) is 59.3 Å². The predicted octanol–water partition coefficient (Wildman–Crippen LogP) is 4.52. The van der Waals surface area contributed by atoms with Crippen molar-refractivity contribution in [1.82, 2.24) is 9.88 Å². The minimum atomic E-state index is -0.619. The quantitative estimate of drug-likeness (QED) is 0.801. The summed E-state index contributed by atoms with van der Waals surface area (Å²) < 4.78 is 14.2. The van der Waals surface area contributed by atoms with Crippen LogP contribution >= 0.6 is 11.3 Å². The Hall–Kier alpha value is -2.28. The molecular formula is C21H24FN3O2S. The Morgan fingerprint density at radius 2 is 2.14 bits per heavy atom. The van der Waals surface area contributed by atoms with E-state index in [1.54, 1.807) is 18.3 Å². The zero-order valence-corrected chi connectivity index (χ0v) is 16.7. The molecule has 0 bridgehead atoms. The Balaban J connectivity index is 1.58. The number of hydrogen-bond acceptors (Lipinski definition) is 4. The maximum absolute atomic E-state index is 14.2. The average molecular weight is 402 g/mol. The second kappa shape index (κ2) is 7.99. The van der Waals surface area contributed by atoms with Crippen molar-refractivity contribution in [3.05, 3.63) is 46.2 Å². The first kappa shape index (κ1) is 19.1. The molecule has 0 radical (unpaired) electrons. The van der Waals surface area contributed by atoms with Crippen LogP contribution in [0, 0.1) is 18.7 Å². The molecule has 1 aromatic heterocycles. The predicted molar refractivity (Wildman–Crippen MR) is 107 cm³/mol. The highest BCUT2D eigenvalue weighted by molar-refractivity contribution is 7.15. The lowest BCUT2D eigenvalue weighted by Crippen LogP contribution is -2.45. The van der Waals surface area contributed by atoms with Gasteiger partial charge in [-0.25, -0.2) is 9.37 Å². The van der Waals surface area contributed by atoms with Crippen LogP contribution in [-0.4, -0.2) is 27.7 Å². The molecule has 2 amide bonds. The molecule has 2 heterocycles. The van der Waals surface area contributed by atoms with Gasteiger partial charge in [-0.15, -0.1) is 11.3 Å². The van der Waals surface area contributed by atoms with Gasteiger partial charge in [-0.2, -0.15) is 0 Å². The van der Waals surface area contributed by atoms with Crippen LogP contribution in [0.15, 0.2) is 24.4 Å². The fourth-order valence-corrected chi connectivity index (χ4v) is 4.95. The number of thiazole rings is 1. The van der Waals surface area contributed by atoms with E-state index in [2.05, 4.69) is 10.3 Å². The number of benzene rings is 1. The first-order valence-electron chi connectivity index (χ1n) is 9.84. The van der Waals surface area contributed by atoms with E-state index < -0.39 is 6.04 Å². The Kier molecular flexibility index (Phi) is 5.44. The summed E-state index contributed by atoms with van der Waals surface area (Å²) in [5, 5.41) is 3.41. The lowest BCUT2D eigenvalue weighted by Gasteiger charge is -2.31. The van der Waals surface area contributed by atoms with E-state index in [1.807, 2.05) is 6.92 Å². The number of carbonyl (C=O) groups is 2. The van der Waals surface area contributed by atoms with Gasteiger partial charge in [0.1, 0.15) is 11.9 Å². The minimum absolute atomic E-state index is 0.141. The van der Waals surface area contributed by atoms with Gasteiger partial charge in [0.05, 0.1) is 6.54 Å². The smallest absolute Gasteiger partial charge is 0.255 e. The first-order valence-corrected chi connectivity index (χ1v) is 10.7. The monoisotopic (exact) mass is 401 g/mol. The van der Waals surface area contributed by atoms with Gasteiger partial charge >= 0.3 is 0 Å². The summed E-state index contributed by atoms with van der Waals surface area (Å²) in [5.74, 6) is -0.480. The van der Waals surface area contributed by atoms with Gasteiger partial charge in [0, 0.05) is 22.2 Å². The lowest BCUT2D eigenvalue weighted by atomic mass is 9.84. The number of anilines is 1. The lowest BCUT2D eigenvalue weighted by molar-refractivity contribution is -0.121. The van der Waals surface area contributed by atoms with Crippen LogP contribution in [0.25, 0.3) is 0 Å². The third-order valence-electron chi connectivity index (χ3n) is 5.75. The number of rotatable bonds is 5. The normalized spacial score (nSPS) is 18.2. The van der Waals surface area contributed by atoms with Gasteiger partial charge in [-0.1, -0.05) is 38.2 Å². The van der Waals surface area contributed by atoms with Crippen LogP contribution in [0.4, 0.5) is 9.52 Å². The van der Waals surface area contributed by atoms with E-state index in [9.17, 15) is 14.0 Å². The molecule has 5 nitrogen and oxygen atoms in total. The second-order valence-corrected chi connectivity index (χ2v) is 8.95. The highest BCUT2D eigenvalue weighted by atomic mass is 32.1. The van der Waals surface area contributed by atoms with Crippen LogP contribution in [-0.2, 0) is 11.3 Å². The molecule has 1 fully saturated rings. The van der Waals surface area contributed by atoms with Crippen LogP contribution in [0.2, 0.25) is 0 Å². The number of carbonyl (C=O) groups excluding carboxylic acids is 2. The number of halogens is 1. The number of nitrogens with one attached hydrogen (secondary N) is 1. The molecule has 0 unspecified atom stereocenters. The zero-order valence-electron chi connectivity index (χ0n) is 15.9. The minimum Gasteiger partial charge on any atom is -0.322 e. The molecule has 148 valence electrons. The number of amides is 2. The van der Waals surface area contributed by atoms with Gasteiger partial charge < -0.3 is 10.2 Å². The van der Waals surface area contributed by atoms with E-state index in [0.29, 0.717) is 28.6 Å². The molecule has 4 rings (SSSR count). The molecule has 1 aliphatic heterocycles. The molecular weight excluding hydrogens is 377 g/mol. The van der Waals surface area contributed by atoms with E-state index in [0.717, 1.165) is 30.6 Å². The van der Waals surface area contributed by atoms with Crippen molar-refractivity contribution >= 4 is 28.3 Å². The summed E-state index contributed by atoms with van der Waals surface area (Å²) in [6.45, 7) is 2.07. The van der Waals surface area contributed by atoms with Gasteiger partial charge in [-0.3, -0.25) is 9.59 Å². The molecule has 1 saturated carbocycles. The standard InChI is InChI=1S/C21H24FN3O2S/c1-13-11-23-21(28-13)24-19(26)18(10-14-6-3-2-4-7-14)25-12-16-15(20(25)27)8-5-9-17(16)22/h5,8-9,11,14,18H,2-4,6-7,10,12H2,1H3,(H,23,24,26)/t18-/m0/s1. The van der Waals surface area contributed by atoms with E-state index in [4.69, 9.17) is 0 Å². The van der Waals surface area contributed by atoms with Crippen LogP contribution in [0.3, 0.4) is 0 Å². The molecule has 1 N–H and O–H groups in total. The second-order valence-electron chi connectivity index (χ2n) is 7.72. The summed E-state index contributed by atoms with van der Waals surface area (Å²) in [7, 11) is 0. The van der Waals surface area contributed by atoms with Gasteiger partial charge in [0.2, 0.25) is 5.91 Å². The van der Waals surface area contributed by atoms with E-state index in [1.165, 1.54) is 28.7 Å². The molecule has 1 aromatic carbocycles. The number of fused-ring (bicyclic) bond motifs is 1. The molecule has 7 heteroatoms. The Morgan fingerprint density at radius 1 is 1.36 bits per heavy atom. The summed E-state index contributed by atoms with van der Waals surface area (Å²) >= 11 is 1.41. The van der Waals surface area contributed by atoms with Crippen molar-refractivity contribution in [2.75, 3.05) is 5.32 Å². The first-order chi connectivity index (χ1) is 13.5. The molecule has 0 spiro atoms. The van der Waals surface area contributed by atoms with Crippen molar-refractivity contribution < 1.29 is 14.0 Å². The summed E-state index contributed by atoms with van der Waals surface area (Å²) in [4.78, 5) is 32.8. The third kappa shape index (κ3) is 3.81. The van der Waals surface area contributed by atoms with Gasteiger partial charge in [0.15, 0.2) is 5.13 Å². The largest absolute Gasteiger partial charge is 0.322 e. The van der Waals surface area contributed by atoms with E-state index >= 15 is 0 Å². The SMILES string of the molecule is Cc1cnc(NC(=O)[C@H](CC2CCCCC2)N2Cc3c(F)cccc3C2=O)s1. The van der Waals surface area contributed by atoms with Gasteiger partial charge in [-0.05, 0) is 31.4 Å². The highest BCUT2D eigenvalue weighted by Crippen LogP contribution is 2.33. The molecule has 2 aromatic rings. The van der Waals surface area contributed by atoms with Crippen molar-refractivity contribution in [3.8, 4) is 0 Å². The van der Waals surface area contributed by atoms with Gasteiger partial charge in [0.25, 0.3) is 5.91 Å². The summed E-state index contributed by atoms with van der Waals surface area (Å²) in [6.07, 6.45) is 8.01. The Bertz CT molecular complexity index is 892. The van der Waals surface area contributed by atoms with Crippen LogP contribution in [0.5, 0.6) is 0 Å². The molecule has 1 aliphatic carbocycles. The summed E-state index contributed by atoms with van der Waals surface area (Å²) in [6, 6.07) is 3.93. The molecule has 0 saturated heterocycles. The fraction of sp³-hybridized carbons (Fsp3) is 0.476. The maximum atomic E-state index is 14.2. The molecule has 2 aliphatic rings. The van der Waals surface area contributed by atoms with Crippen molar-refractivity contribution in [1.29, 1.82) is 0 Å². The topological polar surface area (TPSA) is 62.3 Å². The summed E-state index contributed by atoms with van der Waals surface area (Å²) in [5.41, 5.74) is 0.755. The van der Waals surface area contributed by atoms with Crippen LogP contribution < -0.4 is 5.32 Å². The fourth-order valence-electron chi connectivity index (χ4n) is 4.28. The maximum Gasteiger partial charge on any atom is 0.255 e. The molecule has 28 heavy (non-hydrogen) atoms. The highest BCUT2D eigenvalue weighted by Gasteiger charge is 2.39. The zero-order chi connectivity index (χ0) is 19.7. The number of hydrogen-bond donors (Lipinski definition) is 1.